The van der Waals surface area contributed by atoms with Gasteiger partial charge in [-0.3, -0.25) is 0 Å². The number of esters is 1. The van der Waals surface area contributed by atoms with Crippen LogP contribution in [0.25, 0.3) is 5.82 Å². The molecule has 0 spiro atoms. The van der Waals surface area contributed by atoms with Crippen molar-refractivity contribution in [3.8, 4) is 5.82 Å². The number of ether oxygens (including phenoxy) is 1. The van der Waals surface area contributed by atoms with Crippen molar-refractivity contribution in [2.75, 3.05) is 17.7 Å². The summed E-state index contributed by atoms with van der Waals surface area (Å²) < 4.78 is 24.5. The molecule has 0 atom stereocenters. The summed E-state index contributed by atoms with van der Waals surface area (Å²) in [7, 11) is 0. The molecule has 0 aliphatic heterocycles. The number of hydrogen-bond acceptors (Lipinski definition) is 9. The lowest BCUT2D eigenvalue weighted by Crippen LogP contribution is -2.14. The number of nitrogens with two attached hydrogens (primary N) is 1. The van der Waals surface area contributed by atoms with Gasteiger partial charge in [0.15, 0.2) is 5.69 Å². The highest BCUT2D eigenvalue weighted by Gasteiger charge is 2.24. The number of carbonyl (C=O) groups is 1. The van der Waals surface area contributed by atoms with Gasteiger partial charge >= 0.3 is 5.97 Å². The predicted octanol–water partition coefficient (Wildman–Crippen LogP) is 1.16. The second-order valence-electron chi connectivity index (χ2n) is 4.82. The number of benzene rings is 1. The first-order valence-electron chi connectivity index (χ1n) is 7.30. The van der Waals surface area contributed by atoms with Crippen LogP contribution in [0.1, 0.15) is 23.1 Å². The molecule has 0 saturated carbocycles. The molecule has 3 aromatic rings. The van der Waals surface area contributed by atoms with Crippen LogP contribution in [0.5, 0.6) is 0 Å². The SMILES string of the molecule is CCOC(=O)c1nnn(-c2nonc2N)c1CNc1ccccc1F. The second kappa shape index (κ2) is 6.95. The standard InChI is InChI=1S/C14H14FN7O3/c1-2-24-14(23)11-10(7-17-9-6-4-3-5-8(9)15)22(21-18-11)13-12(16)19-25-20-13/h3-6,17H,2,7H2,1H3,(H2,16,19). The first-order chi connectivity index (χ1) is 12.1. The zero-order chi connectivity index (χ0) is 17.8. The van der Waals surface area contributed by atoms with E-state index in [1.54, 1.807) is 25.1 Å². The number of rotatable bonds is 6. The van der Waals surface area contributed by atoms with Crippen molar-refractivity contribution >= 4 is 17.5 Å². The van der Waals surface area contributed by atoms with Crippen LogP contribution in [0.4, 0.5) is 15.9 Å². The Morgan fingerprint density at radius 1 is 1.40 bits per heavy atom. The Bertz CT molecular complexity index is 892. The summed E-state index contributed by atoms with van der Waals surface area (Å²) in [6.45, 7) is 1.84. The molecule has 2 heterocycles. The fraction of sp³-hybridized carbons (Fsp3) is 0.214. The lowest BCUT2D eigenvalue weighted by molar-refractivity contribution is 0.0518. The number of nitrogen functional groups attached to an aromatic ring is 1. The number of anilines is 2. The van der Waals surface area contributed by atoms with E-state index in [9.17, 15) is 9.18 Å². The van der Waals surface area contributed by atoms with Gasteiger partial charge < -0.3 is 15.8 Å². The molecule has 0 unspecified atom stereocenters. The maximum Gasteiger partial charge on any atom is 0.360 e. The third kappa shape index (κ3) is 3.24. The molecule has 25 heavy (non-hydrogen) atoms. The summed E-state index contributed by atoms with van der Waals surface area (Å²) >= 11 is 0. The monoisotopic (exact) mass is 347 g/mol. The van der Waals surface area contributed by atoms with Crippen LogP contribution in [0.3, 0.4) is 0 Å². The van der Waals surface area contributed by atoms with E-state index in [0.717, 1.165) is 0 Å². The van der Waals surface area contributed by atoms with Crippen LogP contribution in [0.15, 0.2) is 28.9 Å². The summed E-state index contributed by atoms with van der Waals surface area (Å²) in [5.41, 5.74) is 6.13. The summed E-state index contributed by atoms with van der Waals surface area (Å²) in [5, 5.41) is 17.6. The average molecular weight is 347 g/mol. The average Bonchev–Trinajstić information content (AvgIpc) is 3.20. The molecule has 0 bridgehead atoms. The zero-order valence-electron chi connectivity index (χ0n) is 13.1. The van der Waals surface area contributed by atoms with Gasteiger partial charge in [-0.15, -0.1) is 5.10 Å². The molecule has 130 valence electrons. The molecule has 2 aromatic heterocycles. The molecule has 0 fully saturated rings. The van der Waals surface area contributed by atoms with E-state index in [1.807, 2.05) is 0 Å². The number of nitrogens with one attached hydrogen (secondary N) is 1. The topological polar surface area (TPSA) is 134 Å². The minimum atomic E-state index is -0.672. The summed E-state index contributed by atoms with van der Waals surface area (Å²) in [6, 6.07) is 6.11. The minimum Gasteiger partial charge on any atom is -0.461 e. The van der Waals surface area contributed by atoms with Crippen molar-refractivity contribution in [1.82, 2.24) is 25.3 Å². The van der Waals surface area contributed by atoms with Gasteiger partial charge in [-0.25, -0.2) is 13.8 Å². The Labute approximate surface area is 140 Å². The maximum atomic E-state index is 13.8. The lowest BCUT2D eigenvalue weighted by Gasteiger charge is -2.09. The van der Waals surface area contributed by atoms with Crippen molar-refractivity contribution in [1.29, 1.82) is 0 Å². The molecular weight excluding hydrogens is 333 g/mol. The quantitative estimate of drug-likeness (QED) is 0.630. The third-order valence-corrected chi connectivity index (χ3v) is 3.25. The van der Waals surface area contributed by atoms with Crippen LogP contribution < -0.4 is 11.1 Å². The van der Waals surface area contributed by atoms with Gasteiger partial charge in [-0.05, 0) is 29.4 Å². The lowest BCUT2D eigenvalue weighted by atomic mass is 10.2. The molecule has 0 aliphatic carbocycles. The van der Waals surface area contributed by atoms with Gasteiger partial charge in [-0.1, -0.05) is 17.3 Å². The highest BCUT2D eigenvalue weighted by Crippen LogP contribution is 2.19. The largest absolute Gasteiger partial charge is 0.461 e. The third-order valence-electron chi connectivity index (χ3n) is 3.25. The zero-order valence-corrected chi connectivity index (χ0v) is 13.1. The normalized spacial score (nSPS) is 10.6. The van der Waals surface area contributed by atoms with Gasteiger partial charge in [0.05, 0.1) is 18.8 Å². The summed E-state index contributed by atoms with van der Waals surface area (Å²) in [5.74, 6) is -1.09. The van der Waals surface area contributed by atoms with Crippen molar-refractivity contribution in [3.05, 3.63) is 41.5 Å². The Morgan fingerprint density at radius 3 is 2.88 bits per heavy atom. The van der Waals surface area contributed by atoms with Crippen molar-refractivity contribution in [3.63, 3.8) is 0 Å². The molecule has 10 nitrogen and oxygen atoms in total. The first-order valence-corrected chi connectivity index (χ1v) is 7.30. The van der Waals surface area contributed by atoms with Gasteiger partial charge in [-0.2, -0.15) is 4.68 Å². The van der Waals surface area contributed by atoms with Crippen LogP contribution in [-0.2, 0) is 11.3 Å². The molecule has 0 saturated heterocycles. The molecule has 0 radical (unpaired) electrons. The van der Waals surface area contributed by atoms with Crippen LogP contribution in [0, 0.1) is 5.82 Å². The smallest absolute Gasteiger partial charge is 0.360 e. The van der Waals surface area contributed by atoms with E-state index in [2.05, 4.69) is 30.6 Å². The second-order valence-corrected chi connectivity index (χ2v) is 4.82. The van der Waals surface area contributed by atoms with Crippen LogP contribution in [0.2, 0.25) is 0 Å². The van der Waals surface area contributed by atoms with Crippen molar-refractivity contribution in [2.45, 2.75) is 13.5 Å². The van der Waals surface area contributed by atoms with E-state index in [4.69, 9.17) is 10.5 Å². The molecular formula is C14H14FN7O3. The predicted molar refractivity (Wildman–Crippen MR) is 83.3 cm³/mol. The first kappa shape index (κ1) is 16.4. The number of hydrogen-bond donors (Lipinski definition) is 2. The van der Waals surface area contributed by atoms with E-state index in [0.29, 0.717) is 0 Å². The fourth-order valence-electron chi connectivity index (χ4n) is 2.11. The van der Waals surface area contributed by atoms with Crippen LogP contribution in [-0.4, -0.2) is 37.9 Å². The molecule has 11 heteroatoms. The highest BCUT2D eigenvalue weighted by molar-refractivity contribution is 5.88. The maximum absolute atomic E-state index is 13.8. The van der Waals surface area contributed by atoms with Crippen molar-refractivity contribution in [2.24, 2.45) is 0 Å². The number of nitrogens with zero attached hydrogens (tertiary/aromatic N) is 5. The fourth-order valence-corrected chi connectivity index (χ4v) is 2.11. The van der Waals surface area contributed by atoms with Gasteiger partial charge in [0.2, 0.25) is 11.6 Å². The van der Waals surface area contributed by atoms with Crippen molar-refractivity contribution < 1.29 is 18.6 Å². The molecule has 0 amide bonds. The number of para-hydroxylation sites is 1. The van der Waals surface area contributed by atoms with E-state index < -0.39 is 11.8 Å². The van der Waals surface area contributed by atoms with E-state index in [-0.39, 0.29) is 41.9 Å². The van der Waals surface area contributed by atoms with Crippen LogP contribution >= 0.6 is 0 Å². The summed E-state index contributed by atoms with van der Waals surface area (Å²) in [4.78, 5) is 12.1. The molecule has 3 N–H and O–H groups in total. The Balaban J connectivity index is 1.96. The minimum absolute atomic E-state index is 0.00831. The number of aromatic nitrogens is 5. The highest BCUT2D eigenvalue weighted by atomic mass is 19.1. The van der Waals surface area contributed by atoms with Gasteiger partial charge in [0.25, 0.3) is 0 Å². The van der Waals surface area contributed by atoms with E-state index >= 15 is 0 Å². The van der Waals surface area contributed by atoms with E-state index in [1.165, 1.54) is 10.7 Å². The Hall–Kier alpha value is -3.50. The number of halogens is 1. The number of carbonyl (C=O) groups excluding carboxylic acids is 1. The van der Waals surface area contributed by atoms with Gasteiger partial charge in [0, 0.05) is 0 Å². The Kier molecular flexibility index (Phi) is 4.55. The molecule has 1 aromatic carbocycles. The summed E-state index contributed by atoms with van der Waals surface area (Å²) in [6.07, 6.45) is 0. The molecule has 0 aliphatic rings. The Morgan fingerprint density at radius 2 is 2.20 bits per heavy atom. The molecule has 3 rings (SSSR count). The van der Waals surface area contributed by atoms with Gasteiger partial charge in [0.1, 0.15) is 11.5 Å².